The van der Waals surface area contributed by atoms with Gasteiger partial charge in [-0.1, -0.05) is 40.2 Å². The molecule has 0 saturated carbocycles. The van der Waals surface area contributed by atoms with Gasteiger partial charge in [-0.15, -0.1) is 11.3 Å². The second-order valence-electron chi connectivity index (χ2n) is 6.62. The van der Waals surface area contributed by atoms with Crippen molar-refractivity contribution in [3.8, 4) is 0 Å². The van der Waals surface area contributed by atoms with E-state index in [2.05, 4.69) is 22.0 Å². The van der Waals surface area contributed by atoms with Crippen LogP contribution >= 0.6 is 27.3 Å². The van der Waals surface area contributed by atoms with Crippen molar-refractivity contribution in [1.29, 1.82) is 0 Å². The van der Waals surface area contributed by atoms with E-state index in [0.29, 0.717) is 36.7 Å². The van der Waals surface area contributed by atoms with E-state index >= 15 is 0 Å². The van der Waals surface area contributed by atoms with Crippen molar-refractivity contribution >= 4 is 43.4 Å². The molecule has 3 heterocycles. The summed E-state index contributed by atoms with van der Waals surface area (Å²) in [7, 11) is -3.43. The van der Waals surface area contributed by atoms with Gasteiger partial charge >= 0.3 is 6.09 Å². The van der Waals surface area contributed by atoms with E-state index in [4.69, 9.17) is 4.74 Å². The maximum atomic E-state index is 12.7. The summed E-state index contributed by atoms with van der Waals surface area (Å²) in [5.41, 5.74) is 0. The fourth-order valence-corrected chi connectivity index (χ4v) is 6.90. The van der Waals surface area contributed by atoms with Crippen LogP contribution in [-0.4, -0.2) is 55.5 Å². The number of rotatable bonds is 3. The Morgan fingerprint density at radius 2 is 2.04 bits per heavy atom. The lowest BCUT2D eigenvalue weighted by molar-refractivity contribution is 0.00614. The largest absolute Gasteiger partial charge is 0.449 e. The zero-order chi connectivity index (χ0) is 18.3. The molecule has 2 aliphatic heterocycles. The first-order valence-corrected chi connectivity index (χ1v) is 11.6. The third-order valence-electron chi connectivity index (χ3n) is 5.10. The highest BCUT2D eigenvalue weighted by atomic mass is 79.9. The quantitative estimate of drug-likeness (QED) is 0.697. The molecule has 2 atom stereocenters. The lowest BCUT2D eigenvalue weighted by Gasteiger charge is -2.45. The minimum Gasteiger partial charge on any atom is -0.449 e. The Bertz CT molecular complexity index is 842. The number of amides is 1. The van der Waals surface area contributed by atoms with Crippen LogP contribution in [0.1, 0.15) is 12.8 Å². The highest BCUT2D eigenvalue weighted by Gasteiger charge is 2.42. The summed E-state index contributed by atoms with van der Waals surface area (Å²) in [6.45, 7) is 1.20. The molecule has 0 spiro atoms. The highest BCUT2D eigenvalue weighted by Crippen LogP contribution is 2.33. The molecule has 1 aromatic rings. The Balaban J connectivity index is 1.47. The van der Waals surface area contributed by atoms with Crippen molar-refractivity contribution in [1.82, 2.24) is 9.21 Å². The lowest BCUT2D eigenvalue weighted by Crippen LogP contribution is -2.57. The number of piperidine rings is 1. The van der Waals surface area contributed by atoms with Gasteiger partial charge in [0.1, 0.15) is 10.8 Å². The third kappa shape index (κ3) is 3.26. The Kier molecular flexibility index (Phi) is 4.98. The van der Waals surface area contributed by atoms with Gasteiger partial charge in [-0.05, 0) is 24.3 Å². The molecule has 1 aromatic heterocycles. The van der Waals surface area contributed by atoms with Gasteiger partial charge in [0.15, 0.2) is 0 Å². The monoisotopic (exact) mass is 458 g/mol. The molecule has 1 aliphatic carbocycles. The Hall–Kier alpha value is -1.16. The van der Waals surface area contributed by atoms with Gasteiger partial charge in [0.05, 0.1) is 6.04 Å². The number of carbonyl (C=O) groups excluding carboxylic acids is 1. The fraction of sp³-hybridized carbons (Fsp3) is 0.471. The Morgan fingerprint density at radius 3 is 2.73 bits per heavy atom. The molecule has 0 bridgehead atoms. The molecule has 6 nitrogen and oxygen atoms in total. The van der Waals surface area contributed by atoms with Crippen LogP contribution in [0.5, 0.6) is 0 Å². The zero-order valence-corrected chi connectivity index (χ0v) is 17.2. The lowest BCUT2D eigenvalue weighted by atomic mass is 9.90. The molecule has 0 radical (unpaired) electrons. The molecule has 3 aliphatic rings. The highest BCUT2D eigenvalue weighted by molar-refractivity contribution is 9.11. The third-order valence-corrected chi connectivity index (χ3v) is 8.90. The summed E-state index contributed by atoms with van der Waals surface area (Å²) in [6, 6.07) is 3.34. The van der Waals surface area contributed by atoms with Crippen LogP contribution < -0.4 is 0 Å². The predicted molar refractivity (Wildman–Crippen MR) is 103 cm³/mol. The summed E-state index contributed by atoms with van der Waals surface area (Å²) in [5, 5.41) is 1.77. The minimum atomic E-state index is -3.43. The number of thiophene rings is 1. The van der Waals surface area contributed by atoms with E-state index in [9.17, 15) is 13.2 Å². The molecule has 140 valence electrons. The molecule has 2 fully saturated rings. The Morgan fingerprint density at radius 1 is 1.27 bits per heavy atom. The van der Waals surface area contributed by atoms with E-state index in [1.54, 1.807) is 22.4 Å². The average molecular weight is 459 g/mol. The zero-order valence-electron chi connectivity index (χ0n) is 14.0. The number of halogens is 1. The van der Waals surface area contributed by atoms with Crippen molar-refractivity contribution in [2.45, 2.75) is 29.1 Å². The number of hydrogen-bond acceptors (Lipinski definition) is 5. The molecule has 1 amide bonds. The number of sulfonamides is 1. The van der Waals surface area contributed by atoms with E-state index in [1.165, 1.54) is 15.6 Å². The predicted octanol–water partition coefficient (Wildman–Crippen LogP) is 3.19. The second kappa shape index (κ2) is 7.10. The normalized spacial score (nSPS) is 27.8. The van der Waals surface area contributed by atoms with E-state index in [1.807, 2.05) is 12.2 Å². The molecular weight excluding hydrogens is 440 g/mol. The maximum absolute atomic E-state index is 12.7. The standard InChI is InChI=1S/C17H19BrN2O4S2/c18-13-3-4-15-12(10-13)11-24-17(21)20(15)14-5-7-19(8-6-14)26(22,23)16-2-1-9-25-16/h1-4,9-10,12,14-15H,5-8,11H2. The maximum Gasteiger partial charge on any atom is 0.410 e. The van der Waals surface area contributed by atoms with Crippen LogP contribution in [0.15, 0.2) is 44.4 Å². The van der Waals surface area contributed by atoms with Gasteiger partial charge in [0, 0.05) is 29.5 Å². The van der Waals surface area contributed by atoms with Gasteiger partial charge in [0.25, 0.3) is 10.0 Å². The smallest absolute Gasteiger partial charge is 0.410 e. The number of nitrogens with zero attached hydrogens (tertiary/aromatic N) is 2. The first-order valence-electron chi connectivity index (χ1n) is 8.51. The molecule has 9 heteroatoms. The molecule has 2 saturated heterocycles. The van der Waals surface area contributed by atoms with Crippen LogP contribution in [0.4, 0.5) is 4.79 Å². The number of fused-ring (bicyclic) bond motifs is 1. The van der Waals surface area contributed by atoms with Gasteiger partial charge in [-0.2, -0.15) is 4.31 Å². The average Bonchev–Trinajstić information content (AvgIpc) is 3.17. The van der Waals surface area contributed by atoms with Gasteiger partial charge in [-0.25, -0.2) is 13.2 Å². The second-order valence-corrected chi connectivity index (χ2v) is 10.6. The minimum absolute atomic E-state index is 0.0139. The number of hydrogen-bond donors (Lipinski definition) is 0. The summed E-state index contributed by atoms with van der Waals surface area (Å²) < 4.78 is 33.6. The van der Waals surface area contributed by atoms with Crippen LogP contribution in [0.2, 0.25) is 0 Å². The van der Waals surface area contributed by atoms with E-state index < -0.39 is 10.0 Å². The number of cyclic esters (lactones) is 1. The topological polar surface area (TPSA) is 66.9 Å². The summed E-state index contributed by atoms with van der Waals surface area (Å²) in [5.74, 6) is 0.125. The van der Waals surface area contributed by atoms with Crippen LogP contribution in [0.25, 0.3) is 0 Å². The molecule has 4 rings (SSSR count). The van der Waals surface area contributed by atoms with Gasteiger partial charge in [-0.3, -0.25) is 4.90 Å². The van der Waals surface area contributed by atoms with Gasteiger partial charge in [0.2, 0.25) is 0 Å². The first-order chi connectivity index (χ1) is 12.5. The summed E-state index contributed by atoms with van der Waals surface area (Å²) in [4.78, 5) is 14.2. The molecule has 0 aromatic carbocycles. The summed E-state index contributed by atoms with van der Waals surface area (Å²) >= 11 is 4.71. The van der Waals surface area contributed by atoms with Crippen molar-refractivity contribution in [2.75, 3.05) is 19.7 Å². The van der Waals surface area contributed by atoms with Crippen molar-refractivity contribution in [3.63, 3.8) is 0 Å². The molecular formula is C17H19BrN2O4S2. The van der Waals surface area contributed by atoms with E-state index in [0.717, 1.165) is 4.48 Å². The summed E-state index contributed by atoms with van der Waals surface area (Å²) in [6.07, 6.45) is 6.98. The van der Waals surface area contributed by atoms with Crippen LogP contribution in [0.3, 0.4) is 0 Å². The van der Waals surface area contributed by atoms with Crippen LogP contribution in [0, 0.1) is 5.92 Å². The SMILES string of the molecule is O=C1OCC2C=C(Br)C=CC2N1C1CCN(S(=O)(=O)c2cccs2)CC1. The number of ether oxygens (including phenoxy) is 1. The molecule has 0 N–H and O–H groups in total. The first kappa shape index (κ1) is 18.2. The molecule has 26 heavy (non-hydrogen) atoms. The molecule has 2 unspecified atom stereocenters. The fourth-order valence-electron chi connectivity index (χ4n) is 3.79. The Labute approximate surface area is 165 Å². The van der Waals surface area contributed by atoms with Crippen molar-refractivity contribution in [2.24, 2.45) is 5.92 Å². The number of carbonyl (C=O) groups is 1. The van der Waals surface area contributed by atoms with Gasteiger partial charge < -0.3 is 4.74 Å². The van der Waals surface area contributed by atoms with E-state index in [-0.39, 0.29) is 24.1 Å². The number of allylic oxidation sites excluding steroid dienone is 2. The van der Waals surface area contributed by atoms with Crippen molar-refractivity contribution in [3.05, 3.63) is 40.2 Å². The van der Waals surface area contributed by atoms with Crippen LogP contribution in [-0.2, 0) is 14.8 Å². The van der Waals surface area contributed by atoms with Crippen molar-refractivity contribution < 1.29 is 17.9 Å².